The van der Waals surface area contributed by atoms with E-state index in [0.717, 1.165) is 0 Å². The van der Waals surface area contributed by atoms with Gasteiger partial charge in [0.15, 0.2) is 17.9 Å². The highest BCUT2D eigenvalue weighted by molar-refractivity contribution is 6.42. The van der Waals surface area contributed by atoms with E-state index in [1.165, 1.54) is 33.1 Å². The number of methoxy groups -OCH3 is 1. The fourth-order valence-electron chi connectivity index (χ4n) is 2.50. The summed E-state index contributed by atoms with van der Waals surface area (Å²) < 4.78 is 10.3. The predicted molar refractivity (Wildman–Crippen MR) is 106 cm³/mol. The number of hydrogen-bond acceptors (Lipinski definition) is 5. The van der Waals surface area contributed by atoms with Crippen LogP contribution in [-0.2, 0) is 19.9 Å². The largest absolute Gasteiger partial charge is 0.484 e. The fourth-order valence-corrected chi connectivity index (χ4v) is 2.80. The molecule has 148 valence electrons. The number of ether oxygens (including phenoxy) is 2. The van der Waals surface area contributed by atoms with Gasteiger partial charge in [-0.1, -0.05) is 29.3 Å². The van der Waals surface area contributed by atoms with Crippen LogP contribution in [0, 0.1) is 0 Å². The van der Waals surface area contributed by atoms with E-state index in [0.29, 0.717) is 21.9 Å². The van der Waals surface area contributed by atoms with Crippen LogP contribution in [0.4, 0.5) is 0 Å². The Labute approximate surface area is 172 Å². The Kier molecular flexibility index (Phi) is 7.05. The van der Waals surface area contributed by atoms with Gasteiger partial charge >= 0.3 is 5.97 Å². The summed E-state index contributed by atoms with van der Waals surface area (Å²) in [6, 6.07) is 11.0. The Morgan fingerprint density at radius 2 is 1.68 bits per heavy atom. The number of amides is 1. The van der Waals surface area contributed by atoms with Gasteiger partial charge in [0.25, 0.3) is 5.91 Å². The zero-order valence-electron chi connectivity index (χ0n) is 15.5. The van der Waals surface area contributed by atoms with Crippen LogP contribution in [0.15, 0.2) is 42.5 Å². The van der Waals surface area contributed by atoms with E-state index in [1.54, 1.807) is 30.3 Å². The van der Waals surface area contributed by atoms with Crippen molar-refractivity contribution in [2.45, 2.75) is 19.4 Å². The molecule has 0 fully saturated rings. The van der Waals surface area contributed by atoms with Crippen molar-refractivity contribution in [2.75, 3.05) is 13.7 Å². The van der Waals surface area contributed by atoms with Crippen molar-refractivity contribution in [3.8, 4) is 5.75 Å². The highest BCUT2D eigenvalue weighted by atomic mass is 35.5. The molecule has 0 aliphatic rings. The van der Waals surface area contributed by atoms with Crippen LogP contribution in [0.2, 0.25) is 10.0 Å². The highest BCUT2D eigenvalue weighted by Gasteiger charge is 2.38. The second kappa shape index (κ2) is 9.08. The molecule has 0 spiro atoms. The molecule has 1 amide bonds. The minimum Gasteiger partial charge on any atom is -0.484 e. The molecule has 0 heterocycles. The van der Waals surface area contributed by atoms with Gasteiger partial charge in [-0.05, 0) is 55.8 Å². The molecule has 8 heteroatoms. The number of esters is 1. The molecular formula is C20H19Cl2NO5. The van der Waals surface area contributed by atoms with E-state index in [4.69, 9.17) is 32.7 Å². The molecule has 0 saturated heterocycles. The summed E-state index contributed by atoms with van der Waals surface area (Å²) in [5, 5.41) is 3.17. The first-order valence-electron chi connectivity index (χ1n) is 8.26. The Morgan fingerprint density at radius 3 is 2.21 bits per heavy atom. The van der Waals surface area contributed by atoms with Crippen molar-refractivity contribution >= 4 is 40.9 Å². The summed E-state index contributed by atoms with van der Waals surface area (Å²) in [6.07, 6.45) is 0. The molecule has 6 nitrogen and oxygen atoms in total. The number of halogens is 2. The van der Waals surface area contributed by atoms with Gasteiger partial charge in [0.1, 0.15) is 5.75 Å². The quantitative estimate of drug-likeness (QED) is 0.541. The maximum absolute atomic E-state index is 12.4. The van der Waals surface area contributed by atoms with Gasteiger partial charge in [-0.2, -0.15) is 0 Å². The maximum Gasteiger partial charge on any atom is 0.336 e. The van der Waals surface area contributed by atoms with Crippen molar-refractivity contribution in [2.24, 2.45) is 0 Å². The average Bonchev–Trinajstić information content (AvgIpc) is 2.67. The van der Waals surface area contributed by atoms with Gasteiger partial charge in [0, 0.05) is 5.56 Å². The smallest absolute Gasteiger partial charge is 0.336 e. The van der Waals surface area contributed by atoms with Crippen LogP contribution in [0.25, 0.3) is 0 Å². The Hall–Kier alpha value is -2.57. The summed E-state index contributed by atoms with van der Waals surface area (Å²) in [5.41, 5.74) is -0.537. The highest BCUT2D eigenvalue weighted by Crippen LogP contribution is 2.29. The van der Waals surface area contributed by atoms with Crippen molar-refractivity contribution in [1.29, 1.82) is 0 Å². The van der Waals surface area contributed by atoms with Crippen LogP contribution in [-0.4, -0.2) is 31.4 Å². The third-order valence-corrected chi connectivity index (χ3v) is 4.85. The number of benzene rings is 2. The number of carbonyl (C=O) groups excluding carboxylic acids is 3. The van der Waals surface area contributed by atoms with Gasteiger partial charge in [0.2, 0.25) is 0 Å². The van der Waals surface area contributed by atoms with E-state index >= 15 is 0 Å². The Bertz CT molecular complexity index is 898. The lowest BCUT2D eigenvalue weighted by Gasteiger charge is -2.28. The van der Waals surface area contributed by atoms with Gasteiger partial charge < -0.3 is 14.8 Å². The van der Waals surface area contributed by atoms with Gasteiger partial charge in [-0.3, -0.25) is 9.59 Å². The Balaban J connectivity index is 2.13. The van der Waals surface area contributed by atoms with Crippen molar-refractivity contribution in [3.63, 3.8) is 0 Å². The standard InChI is InChI=1S/C20H19Cl2NO5/c1-12(24)13-4-7-15(8-5-13)28-11-18(25)23-20(2,19(26)27-3)14-6-9-16(21)17(22)10-14/h4-10H,11H2,1-3H3,(H,23,25)/t20-/m1/s1. The van der Waals surface area contributed by atoms with E-state index in [2.05, 4.69) is 5.32 Å². The topological polar surface area (TPSA) is 81.7 Å². The molecule has 0 bridgehead atoms. The van der Waals surface area contributed by atoms with Crippen molar-refractivity contribution < 1.29 is 23.9 Å². The first kappa shape index (κ1) is 21.7. The van der Waals surface area contributed by atoms with Gasteiger partial charge in [-0.25, -0.2) is 4.79 Å². The first-order valence-corrected chi connectivity index (χ1v) is 9.01. The summed E-state index contributed by atoms with van der Waals surface area (Å²) in [6.45, 7) is 2.62. The monoisotopic (exact) mass is 423 g/mol. The van der Waals surface area contributed by atoms with E-state index in [-0.39, 0.29) is 17.4 Å². The summed E-state index contributed by atoms with van der Waals surface area (Å²) in [5.74, 6) is -0.881. The zero-order valence-corrected chi connectivity index (χ0v) is 17.1. The molecule has 0 unspecified atom stereocenters. The second-order valence-electron chi connectivity index (χ2n) is 6.16. The minimum atomic E-state index is -1.48. The number of hydrogen-bond donors (Lipinski definition) is 1. The maximum atomic E-state index is 12.4. The van der Waals surface area contributed by atoms with Crippen molar-refractivity contribution in [3.05, 3.63) is 63.6 Å². The lowest BCUT2D eigenvalue weighted by molar-refractivity contribution is -0.151. The van der Waals surface area contributed by atoms with Crippen molar-refractivity contribution in [1.82, 2.24) is 5.32 Å². The SMILES string of the molecule is COC(=O)[C@](C)(NC(=O)COc1ccc(C(C)=O)cc1)c1ccc(Cl)c(Cl)c1. The molecule has 2 aromatic rings. The second-order valence-corrected chi connectivity index (χ2v) is 6.98. The third kappa shape index (κ3) is 5.03. The molecule has 28 heavy (non-hydrogen) atoms. The third-order valence-electron chi connectivity index (χ3n) is 4.11. The molecule has 2 aromatic carbocycles. The lowest BCUT2D eigenvalue weighted by Crippen LogP contribution is -2.51. The van der Waals surface area contributed by atoms with Gasteiger partial charge in [0.05, 0.1) is 17.2 Å². The van der Waals surface area contributed by atoms with Gasteiger partial charge in [-0.15, -0.1) is 0 Å². The molecule has 1 N–H and O–H groups in total. The first-order chi connectivity index (χ1) is 13.2. The average molecular weight is 424 g/mol. The molecular weight excluding hydrogens is 405 g/mol. The summed E-state index contributed by atoms with van der Waals surface area (Å²) in [7, 11) is 1.22. The molecule has 0 saturated carbocycles. The van der Waals surface area contributed by atoms with Crippen LogP contribution < -0.4 is 10.1 Å². The molecule has 0 aromatic heterocycles. The normalized spacial score (nSPS) is 12.6. The minimum absolute atomic E-state index is 0.0697. The number of ketones is 1. The van der Waals surface area contributed by atoms with E-state index in [9.17, 15) is 14.4 Å². The Morgan fingerprint density at radius 1 is 1.04 bits per heavy atom. The molecule has 2 rings (SSSR count). The van der Waals surface area contributed by atoms with E-state index in [1.807, 2.05) is 0 Å². The zero-order chi connectivity index (χ0) is 20.9. The van der Waals surface area contributed by atoms with Crippen LogP contribution >= 0.6 is 23.2 Å². The van der Waals surface area contributed by atoms with Crippen LogP contribution in [0.5, 0.6) is 5.75 Å². The molecule has 0 aliphatic heterocycles. The summed E-state index contributed by atoms with van der Waals surface area (Å²) in [4.78, 5) is 36.0. The van der Waals surface area contributed by atoms with E-state index < -0.39 is 17.4 Å². The number of rotatable bonds is 7. The van der Waals surface area contributed by atoms with Crippen LogP contribution in [0.1, 0.15) is 29.8 Å². The van der Waals surface area contributed by atoms with Crippen LogP contribution in [0.3, 0.4) is 0 Å². The lowest BCUT2D eigenvalue weighted by atomic mass is 9.92. The number of carbonyl (C=O) groups is 3. The molecule has 0 radical (unpaired) electrons. The molecule has 0 aliphatic carbocycles. The number of nitrogens with one attached hydrogen (secondary N) is 1. The number of Topliss-reactive ketones (excluding diaryl/α,β-unsaturated/α-hetero) is 1. The predicted octanol–water partition coefficient (Wildman–Crippen LogP) is 3.78. The fraction of sp³-hybridized carbons (Fsp3) is 0.250. The molecule has 1 atom stereocenters. The summed E-state index contributed by atoms with van der Waals surface area (Å²) >= 11 is 12.0.